The normalized spacial score (nSPS) is 12.9. The molecule has 0 unspecified atom stereocenters. The Balaban J connectivity index is 1.21. The zero-order valence-electron chi connectivity index (χ0n) is 18.1. The number of aromatic nitrogens is 1. The van der Waals surface area contributed by atoms with Crippen LogP contribution in [0.1, 0.15) is 21.5 Å². The first-order valence-corrected chi connectivity index (χ1v) is 13.1. The number of para-hydroxylation sites is 1. The van der Waals surface area contributed by atoms with Crippen LogP contribution in [0.15, 0.2) is 89.3 Å². The number of nitrogens with one attached hydrogen (secondary N) is 2. The van der Waals surface area contributed by atoms with Gasteiger partial charge in [-0.15, -0.1) is 11.3 Å². The number of carbonyl (C=O) groups excluding carboxylic acids is 1. The van der Waals surface area contributed by atoms with Gasteiger partial charge in [0.05, 0.1) is 4.90 Å². The molecule has 3 aromatic carbocycles. The molecule has 1 aliphatic rings. The molecule has 2 N–H and O–H groups in total. The maximum absolute atomic E-state index is 12.7. The SMILES string of the molecule is O=C(Nc1ccc(S(=O)(=O)Nc2nccs2)cc1)c1ccc(CN2CCc3ccccc32)cc1. The van der Waals surface area contributed by atoms with E-state index < -0.39 is 10.0 Å². The maximum atomic E-state index is 12.7. The molecule has 0 aliphatic carbocycles. The van der Waals surface area contributed by atoms with Crippen molar-refractivity contribution in [1.82, 2.24) is 4.98 Å². The number of anilines is 3. The Morgan fingerprint density at radius 3 is 2.50 bits per heavy atom. The standard InChI is InChI=1S/C25H22N4O3S2/c30-24(27-21-9-11-22(12-10-21)34(31,32)28-25-26-14-16-33-25)20-7-5-18(6-8-20)17-29-15-13-19-3-1-2-4-23(19)29/h1-12,14,16H,13,15,17H2,(H,26,28)(H,27,30). The van der Waals surface area contributed by atoms with Gasteiger partial charge >= 0.3 is 0 Å². The third kappa shape index (κ3) is 4.80. The van der Waals surface area contributed by atoms with E-state index in [0.29, 0.717) is 16.4 Å². The summed E-state index contributed by atoms with van der Waals surface area (Å²) in [6, 6.07) is 22.0. The Labute approximate surface area is 202 Å². The van der Waals surface area contributed by atoms with Crippen molar-refractivity contribution in [2.75, 3.05) is 21.5 Å². The number of nitrogens with zero attached hydrogens (tertiary/aromatic N) is 2. The van der Waals surface area contributed by atoms with Crippen LogP contribution >= 0.6 is 11.3 Å². The summed E-state index contributed by atoms with van der Waals surface area (Å²) in [7, 11) is -3.73. The summed E-state index contributed by atoms with van der Waals surface area (Å²) < 4.78 is 27.3. The molecule has 0 atom stereocenters. The Bertz CT molecular complexity index is 1400. The summed E-state index contributed by atoms with van der Waals surface area (Å²) in [6.07, 6.45) is 2.58. The van der Waals surface area contributed by atoms with Crippen LogP contribution in [0.2, 0.25) is 0 Å². The van der Waals surface area contributed by atoms with Crippen molar-refractivity contribution in [3.05, 3.63) is 101 Å². The highest BCUT2D eigenvalue weighted by atomic mass is 32.2. The lowest BCUT2D eigenvalue weighted by molar-refractivity contribution is 0.102. The molecule has 0 spiro atoms. The molecule has 34 heavy (non-hydrogen) atoms. The second kappa shape index (κ2) is 9.28. The largest absolute Gasteiger partial charge is 0.367 e. The number of hydrogen-bond acceptors (Lipinski definition) is 6. The second-order valence-corrected chi connectivity index (χ2v) is 10.5. The molecule has 7 nitrogen and oxygen atoms in total. The zero-order chi connectivity index (χ0) is 23.5. The van der Waals surface area contributed by atoms with E-state index in [2.05, 4.69) is 44.2 Å². The lowest BCUT2D eigenvalue weighted by Crippen LogP contribution is -2.19. The third-order valence-corrected chi connectivity index (χ3v) is 7.82. The van der Waals surface area contributed by atoms with Crippen molar-refractivity contribution in [1.29, 1.82) is 0 Å². The summed E-state index contributed by atoms with van der Waals surface area (Å²) in [4.78, 5) is 19.0. The number of sulfonamides is 1. The Morgan fingerprint density at radius 1 is 1.00 bits per heavy atom. The van der Waals surface area contributed by atoms with Gasteiger partial charge in [0, 0.05) is 41.6 Å². The first-order chi connectivity index (χ1) is 16.5. The first-order valence-electron chi connectivity index (χ1n) is 10.7. The molecule has 172 valence electrons. The van der Waals surface area contributed by atoms with Gasteiger partial charge in [0.2, 0.25) is 0 Å². The number of hydrogen-bond donors (Lipinski definition) is 2. The quantitative estimate of drug-likeness (QED) is 0.390. The van der Waals surface area contributed by atoms with Crippen molar-refractivity contribution in [2.24, 2.45) is 0 Å². The highest BCUT2D eigenvalue weighted by Crippen LogP contribution is 2.29. The monoisotopic (exact) mass is 490 g/mol. The predicted octanol–water partition coefficient (Wildman–Crippen LogP) is 4.76. The predicted molar refractivity (Wildman–Crippen MR) is 135 cm³/mol. The molecule has 2 heterocycles. The molecule has 1 aromatic heterocycles. The van der Waals surface area contributed by atoms with Gasteiger partial charge in [0.25, 0.3) is 15.9 Å². The van der Waals surface area contributed by atoms with Gasteiger partial charge in [-0.25, -0.2) is 13.4 Å². The number of fused-ring (bicyclic) bond motifs is 1. The highest BCUT2D eigenvalue weighted by Gasteiger charge is 2.19. The van der Waals surface area contributed by atoms with Gasteiger partial charge in [-0.05, 0) is 60.0 Å². The van der Waals surface area contributed by atoms with Gasteiger partial charge in [-0.2, -0.15) is 0 Å². The number of thiazole rings is 1. The Hall–Kier alpha value is -3.69. The maximum Gasteiger partial charge on any atom is 0.263 e. The summed E-state index contributed by atoms with van der Waals surface area (Å²) in [6.45, 7) is 1.79. The van der Waals surface area contributed by atoms with Crippen molar-refractivity contribution < 1.29 is 13.2 Å². The van der Waals surface area contributed by atoms with Crippen molar-refractivity contribution >= 4 is 43.8 Å². The van der Waals surface area contributed by atoms with Gasteiger partial charge in [-0.1, -0.05) is 30.3 Å². The molecule has 0 radical (unpaired) electrons. The van der Waals surface area contributed by atoms with Crippen LogP contribution in [0.25, 0.3) is 0 Å². The molecule has 0 saturated heterocycles. The highest BCUT2D eigenvalue weighted by molar-refractivity contribution is 7.93. The average Bonchev–Trinajstić information content (AvgIpc) is 3.50. The third-order valence-electron chi connectivity index (χ3n) is 5.65. The number of amides is 1. The number of benzene rings is 3. The fraction of sp³-hybridized carbons (Fsp3) is 0.120. The summed E-state index contributed by atoms with van der Waals surface area (Å²) in [5, 5.41) is 4.80. The molecule has 0 bridgehead atoms. The number of rotatable bonds is 7. The molecule has 1 aliphatic heterocycles. The lowest BCUT2D eigenvalue weighted by atomic mass is 10.1. The smallest absolute Gasteiger partial charge is 0.263 e. The van der Waals surface area contributed by atoms with E-state index in [9.17, 15) is 13.2 Å². The van der Waals surface area contributed by atoms with Crippen LogP contribution in [-0.2, 0) is 23.0 Å². The van der Waals surface area contributed by atoms with Crippen molar-refractivity contribution in [3.63, 3.8) is 0 Å². The van der Waals surface area contributed by atoms with E-state index in [1.807, 2.05) is 24.3 Å². The van der Waals surface area contributed by atoms with E-state index in [1.54, 1.807) is 17.5 Å². The van der Waals surface area contributed by atoms with Crippen LogP contribution in [-0.4, -0.2) is 25.9 Å². The molecular weight excluding hydrogens is 468 g/mol. The minimum Gasteiger partial charge on any atom is -0.367 e. The minimum absolute atomic E-state index is 0.0912. The van der Waals surface area contributed by atoms with E-state index in [-0.39, 0.29) is 10.8 Å². The molecule has 5 rings (SSSR count). The van der Waals surface area contributed by atoms with Gasteiger partial charge in [0.15, 0.2) is 5.13 Å². The van der Waals surface area contributed by atoms with Crippen molar-refractivity contribution in [2.45, 2.75) is 17.9 Å². The van der Waals surface area contributed by atoms with E-state index >= 15 is 0 Å². The molecule has 0 fully saturated rings. The summed E-state index contributed by atoms with van der Waals surface area (Å²) in [5.41, 5.74) is 4.83. The topological polar surface area (TPSA) is 91.4 Å². The molecule has 1 amide bonds. The van der Waals surface area contributed by atoms with Crippen molar-refractivity contribution in [3.8, 4) is 0 Å². The molecule has 0 saturated carbocycles. The van der Waals surface area contributed by atoms with Crippen LogP contribution in [0.5, 0.6) is 0 Å². The molecular formula is C25H22N4O3S2. The van der Waals surface area contributed by atoms with Crippen LogP contribution in [0, 0.1) is 0 Å². The second-order valence-electron chi connectivity index (χ2n) is 7.92. The lowest BCUT2D eigenvalue weighted by Gasteiger charge is -2.19. The number of carbonyl (C=O) groups is 1. The van der Waals surface area contributed by atoms with E-state index in [4.69, 9.17) is 0 Å². The van der Waals surface area contributed by atoms with Crippen LogP contribution < -0.4 is 14.9 Å². The van der Waals surface area contributed by atoms with Gasteiger partial charge < -0.3 is 10.2 Å². The Morgan fingerprint density at radius 2 is 1.76 bits per heavy atom. The molecule has 9 heteroatoms. The summed E-state index contributed by atoms with van der Waals surface area (Å²) in [5.74, 6) is -0.255. The van der Waals surface area contributed by atoms with Crippen LogP contribution in [0.3, 0.4) is 0 Å². The Kier molecular flexibility index (Phi) is 6.04. The fourth-order valence-corrected chi connectivity index (χ4v) is 5.71. The van der Waals surface area contributed by atoms with Crippen LogP contribution in [0.4, 0.5) is 16.5 Å². The van der Waals surface area contributed by atoms with Gasteiger partial charge in [-0.3, -0.25) is 9.52 Å². The summed E-state index contributed by atoms with van der Waals surface area (Å²) >= 11 is 1.20. The molecule has 4 aromatic rings. The first kappa shape index (κ1) is 22.1. The minimum atomic E-state index is -3.73. The average molecular weight is 491 g/mol. The van der Waals surface area contributed by atoms with E-state index in [0.717, 1.165) is 25.1 Å². The van der Waals surface area contributed by atoms with E-state index in [1.165, 1.54) is 40.9 Å². The fourth-order valence-electron chi connectivity index (χ4n) is 3.92. The zero-order valence-corrected chi connectivity index (χ0v) is 19.8. The van der Waals surface area contributed by atoms with Gasteiger partial charge in [0.1, 0.15) is 0 Å².